The summed E-state index contributed by atoms with van der Waals surface area (Å²) < 4.78 is 0. The van der Waals surface area contributed by atoms with Gasteiger partial charge < -0.3 is 15.4 Å². The van der Waals surface area contributed by atoms with Crippen LogP contribution in [0.4, 0.5) is 0 Å². The Bertz CT molecular complexity index is 253. The van der Waals surface area contributed by atoms with Crippen LogP contribution in [0.25, 0.3) is 0 Å². The van der Waals surface area contributed by atoms with Gasteiger partial charge in [-0.05, 0) is 5.56 Å². The summed E-state index contributed by atoms with van der Waals surface area (Å²) in [5.74, 6) is 0. The molecule has 0 radical (unpaired) electrons. The first-order chi connectivity index (χ1) is 6.72. The predicted molar refractivity (Wildman–Crippen MR) is 51.7 cm³/mol. The van der Waals surface area contributed by atoms with Gasteiger partial charge in [-0.15, -0.1) is 0 Å². The molecule has 0 heterocycles. The first-order valence-corrected chi connectivity index (χ1v) is 4.49. The number of hydrogen-bond acceptors (Lipinski definition) is 4. The first kappa shape index (κ1) is 11.1. The van der Waals surface area contributed by atoms with Crippen molar-refractivity contribution in [2.24, 2.45) is 0 Å². The van der Waals surface area contributed by atoms with E-state index in [0.29, 0.717) is 6.54 Å². The average Bonchev–Trinajstić information content (AvgIpc) is 2.19. The summed E-state index contributed by atoms with van der Waals surface area (Å²) in [7, 11) is 0. The highest BCUT2D eigenvalue weighted by molar-refractivity contribution is 5.14. The molecule has 1 rings (SSSR count). The van der Waals surface area contributed by atoms with Crippen LogP contribution in [0.3, 0.4) is 0 Å². The third kappa shape index (κ3) is 3.85. The Balaban J connectivity index is 2.37. The van der Waals surface area contributed by atoms with E-state index in [0.717, 1.165) is 10.6 Å². The molecule has 0 saturated carbocycles. The molecule has 0 aliphatic rings. The summed E-state index contributed by atoms with van der Waals surface area (Å²) in [6.07, 6.45) is -0.899. The molecule has 0 aliphatic carbocycles. The van der Waals surface area contributed by atoms with Gasteiger partial charge >= 0.3 is 0 Å². The Morgan fingerprint density at radius 1 is 1.21 bits per heavy atom. The fourth-order valence-corrected chi connectivity index (χ4v) is 1.16. The van der Waals surface area contributed by atoms with Crippen LogP contribution in [-0.2, 0) is 6.54 Å². The Kier molecular flexibility index (Phi) is 4.55. The molecule has 78 valence electrons. The highest BCUT2D eigenvalue weighted by Gasteiger charge is 2.08. The Morgan fingerprint density at radius 3 is 2.43 bits per heavy atom. The highest BCUT2D eigenvalue weighted by atomic mass is 16.5. The molecular weight excluding hydrogens is 182 g/mol. The Hall–Kier alpha value is -0.940. The molecule has 0 fully saturated rings. The lowest BCUT2D eigenvalue weighted by Crippen LogP contribution is -2.31. The molecule has 14 heavy (non-hydrogen) atoms. The van der Waals surface area contributed by atoms with Crippen molar-refractivity contribution < 1.29 is 15.4 Å². The van der Waals surface area contributed by atoms with Crippen molar-refractivity contribution in [1.82, 2.24) is 5.06 Å². The minimum absolute atomic E-state index is 0.0470. The van der Waals surface area contributed by atoms with Crippen LogP contribution in [0.15, 0.2) is 30.3 Å². The number of nitrogens with zero attached hydrogens (tertiary/aromatic N) is 1. The van der Waals surface area contributed by atoms with Gasteiger partial charge in [0.15, 0.2) is 0 Å². The normalized spacial score (nSPS) is 13.1. The van der Waals surface area contributed by atoms with Gasteiger partial charge in [0, 0.05) is 6.54 Å². The summed E-state index contributed by atoms with van der Waals surface area (Å²) in [5, 5.41) is 28.0. The largest absolute Gasteiger partial charge is 0.394 e. The topological polar surface area (TPSA) is 63.9 Å². The molecule has 3 N–H and O–H groups in total. The molecule has 0 bridgehead atoms. The van der Waals surface area contributed by atoms with Gasteiger partial charge in [-0.2, -0.15) is 5.06 Å². The molecule has 0 saturated heterocycles. The van der Waals surface area contributed by atoms with E-state index in [1.807, 2.05) is 30.3 Å². The molecule has 1 unspecified atom stereocenters. The summed E-state index contributed by atoms with van der Waals surface area (Å²) in [6.45, 7) is 0.0507. The molecule has 0 spiro atoms. The molecule has 0 aromatic heterocycles. The minimum Gasteiger partial charge on any atom is -0.394 e. The second-order valence-electron chi connectivity index (χ2n) is 3.17. The minimum atomic E-state index is -0.899. The van der Waals surface area contributed by atoms with Gasteiger partial charge in [0.25, 0.3) is 0 Å². The van der Waals surface area contributed by atoms with Gasteiger partial charge in [-0.25, -0.2) is 0 Å². The first-order valence-electron chi connectivity index (χ1n) is 4.49. The standard InChI is InChI=1S/C10H15NO3/c12-8-10(13)7-11(14)6-9-4-2-1-3-5-9/h1-5,10,12-14H,6-8H2. The van der Waals surface area contributed by atoms with Crippen LogP contribution < -0.4 is 0 Å². The second-order valence-corrected chi connectivity index (χ2v) is 3.17. The quantitative estimate of drug-likeness (QED) is 0.591. The van der Waals surface area contributed by atoms with Crippen LogP contribution >= 0.6 is 0 Å². The van der Waals surface area contributed by atoms with Gasteiger partial charge in [0.05, 0.1) is 19.3 Å². The van der Waals surface area contributed by atoms with Crippen molar-refractivity contribution in [2.75, 3.05) is 13.2 Å². The summed E-state index contributed by atoms with van der Waals surface area (Å²) in [6, 6.07) is 9.42. The van der Waals surface area contributed by atoms with Gasteiger partial charge in [0.2, 0.25) is 0 Å². The molecular formula is C10H15NO3. The van der Waals surface area contributed by atoms with Gasteiger partial charge in [-0.1, -0.05) is 30.3 Å². The number of aliphatic hydroxyl groups excluding tert-OH is 2. The highest BCUT2D eigenvalue weighted by Crippen LogP contribution is 2.02. The third-order valence-electron chi connectivity index (χ3n) is 1.84. The zero-order valence-electron chi connectivity index (χ0n) is 7.87. The Morgan fingerprint density at radius 2 is 1.86 bits per heavy atom. The fraction of sp³-hybridized carbons (Fsp3) is 0.400. The summed E-state index contributed by atoms with van der Waals surface area (Å²) >= 11 is 0. The molecule has 0 aliphatic heterocycles. The van der Waals surface area contributed by atoms with Crippen molar-refractivity contribution in [3.05, 3.63) is 35.9 Å². The maximum Gasteiger partial charge on any atom is 0.0920 e. The zero-order valence-corrected chi connectivity index (χ0v) is 7.87. The molecule has 4 nitrogen and oxygen atoms in total. The van der Waals surface area contributed by atoms with E-state index in [1.54, 1.807) is 0 Å². The van der Waals surface area contributed by atoms with Gasteiger partial charge in [0.1, 0.15) is 0 Å². The van der Waals surface area contributed by atoms with Crippen molar-refractivity contribution >= 4 is 0 Å². The maximum absolute atomic E-state index is 9.37. The summed E-state index contributed by atoms with van der Waals surface area (Å²) in [4.78, 5) is 0. The number of rotatable bonds is 5. The van der Waals surface area contributed by atoms with E-state index >= 15 is 0 Å². The van der Waals surface area contributed by atoms with Crippen molar-refractivity contribution in [1.29, 1.82) is 0 Å². The molecule has 1 aromatic rings. The Labute approximate surface area is 83.0 Å². The van der Waals surface area contributed by atoms with Crippen LogP contribution in [0.5, 0.6) is 0 Å². The SMILES string of the molecule is OCC(O)CN(O)Cc1ccccc1. The smallest absolute Gasteiger partial charge is 0.0920 e. The number of hydrogen-bond donors (Lipinski definition) is 3. The maximum atomic E-state index is 9.37. The third-order valence-corrected chi connectivity index (χ3v) is 1.84. The molecule has 4 heteroatoms. The van der Waals surface area contributed by atoms with Crippen molar-refractivity contribution in [3.8, 4) is 0 Å². The summed E-state index contributed by atoms with van der Waals surface area (Å²) in [5.41, 5.74) is 0.958. The number of benzene rings is 1. The van der Waals surface area contributed by atoms with Crippen LogP contribution in [-0.4, -0.2) is 39.7 Å². The van der Waals surface area contributed by atoms with E-state index < -0.39 is 6.10 Å². The van der Waals surface area contributed by atoms with E-state index in [1.165, 1.54) is 0 Å². The van der Waals surface area contributed by atoms with E-state index in [2.05, 4.69) is 0 Å². The second kappa shape index (κ2) is 5.72. The average molecular weight is 197 g/mol. The number of aliphatic hydroxyl groups is 2. The number of hydroxylamine groups is 2. The lowest BCUT2D eigenvalue weighted by molar-refractivity contribution is -0.126. The molecule has 1 aromatic carbocycles. The van der Waals surface area contributed by atoms with E-state index in [9.17, 15) is 5.21 Å². The monoisotopic (exact) mass is 197 g/mol. The zero-order chi connectivity index (χ0) is 10.4. The van der Waals surface area contributed by atoms with Crippen molar-refractivity contribution in [2.45, 2.75) is 12.6 Å². The fourth-order valence-electron chi connectivity index (χ4n) is 1.16. The van der Waals surface area contributed by atoms with E-state index in [-0.39, 0.29) is 13.2 Å². The predicted octanol–water partition coefficient (Wildman–Crippen LogP) is 0.231. The van der Waals surface area contributed by atoms with Crippen LogP contribution in [0, 0.1) is 0 Å². The lowest BCUT2D eigenvalue weighted by atomic mass is 10.2. The molecule has 0 amide bonds. The van der Waals surface area contributed by atoms with Gasteiger partial charge in [-0.3, -0.25) is 0 Å². The van der Waals surface area contributed by atoms with E-state index in [4.69, 9.17) is 10.2 Å². The molecule has 1 atom stereocenters. The lowest BCUT2D eigenvalue weighted by Gasteiger charge is -2.17. The van der Waals surface area contributed by atoms with Crippen LogP contribution in [0.1, 0.15) is 5.56 Å². The van der Waals surface area contributed by atoms with Crippen molar-refractivity contribution in [3.63, 3.8) is 0 Å². The van der Waals surface area contributed by atoms with Crippen LogP contribution in [0.2, 0.25) is 0 Å².